The highest BCUT2D eigenvalue weighted by Crippen LogP contribution is 2.27. The third-order valence-electron chi connectivity index (χ3n) is 2.58. The summed E-state index contributed by atoms with van der Waals surface area (Å²) >= 11 is 0. The second kappa shape index (κ2) is 4.70. The maximum atomic E-state index is 12.7. The van der Waals surface area contributed by atoms with Gasteiger partial charge in [-0.2, -0.15) is 0 Å². The Morgan fingerprint density at radius 1 is 1.27 bits per heavy atom. The molecule has 1 rings (SSSR count). The summed E-state index contributed by atoms with van der Waals surface area (Å²) in [6.45, 7) is 1.08. The minimum Gasteiger partial charge on any atom is -0.320 e. The van der Waals surface area contributed by atoms with Gasteiger partial charge in [-0.3, -0.25) is 0 Å². The Bertz CT molecular complexity index is 95.0. The molecule has 11 heavy (non-hydrogen) atoms. The molecule has 1 fully saturated rings. The second-order valence-corrected chi connectivity index (χ2v) is 3.51. The monoisotopic (exact) mass is 159 g/mol. The van der Waals surface area contributed by atoms with Crippen LogP contribution in [0.4, 0.5) is 4.39 Å². The molecule has 0 amide bonds. The molecule has 1 N–H and O–H groups in total. The molecule has 0 unspecified atom stereocenters. The van der Waals surface area contributed by atoms with Crippen LogP contribution in [0.15, 0.2) is 0 Å². The summed E-state index contributed by atoms with van der Waals surface area (Å²) in [7, 11) is 1.97. The van der Waals surface area contributed by atoms with Gasteiger partial charge in [0.2, 0.25) is 0 Å². The molecule has 0 aromatic rings. The molecule has 1 saturated carbocycles. The Hall–Kier alpha value is -0.110. The van der Waals surface area contributed by atoms with E-state index in [4.69, 9.17) is 0 Å². The molecule has 0 heterocycles. The summed E-state index contributed by atoms with van der Waals surface area (Å²) in [6.07, 6.45) is 4.53. The molecular weight excluding hydrogens is 141 g/mol. The van der Waals surface area contributed by atoms with Crippen molar-refractivity contribution in [1.29, 1.82) is 0 Å². The number of nitrogens with one attached hydrogen (secondary N) is 1. The summed E-state index contributed by atoms with van der Waals surface area (Å²) in [6, 6.07) is 0. The zero-order chi connectivity index (χ0) is 8.10. The first kappa shape index (κ1) is 8.98. The van der Waals surface area contributed by atoms with Gasteiger partial charge in [-0.1, -0.05) is 0 Å². The van der Waals surface area contributed by atoms with Gasteiger partial charge in [0.15, 0.2) is 0 Å². The van der Waals surface area contributed by atoms with Crippen molar-refractivity contribution < 1.29 is 4.39 Å². The molecule has 66 valence electrons. The van der Waals surface area contributed by atoms with E-state index in [-0.39, 0.29) is 0 Å². The molecule has 0 bridgehead atoms. The Kier molecular flexibility index (Phi) is 3.84. The molecule has 0 atom stereocenters. The fourth-order valence-corrected chi connectivity index (χ4v) is 1.76. The quantitative estimate of drug-likeness (QED) is 0.665. The van der Waals surface area contributed by atoms with Gasteiger partial charge >= 0.3 is 0 Å². The number of hydrogen-bond acceptors (Lipinski definition) is 1. The minimum absolute atomic E-state index is 0.499. The van der Waals surface area contributed by atoms with Crippen LogP contribution in [0.25, 0.3) is 0 Å². The number of rotatable bonds is 3. The van der Waals surface area contributed by atoms with E-state index in [0.29, 0.717) is 0 Å². The number of alkyl halides is 1. The van der Waals surface area contributed by atoms with Crippen molar-refractivity contribution in [2.24, 2.45) is 5.92 Å². The van der Waals surface area contributed by atoms with Crippen LogP contribution >= 0.6 is 0 Å². The van der Waals surface area contributed by atoms with Crippen LogP contribution < -0.4 is 5.32 Å². The van der Waals surface area contributed by atoms with Gasteiger partial charge in [0.1, 0.15) is 6.17 Å². The van der Waals surface area contributed by atoms with Crippen LogP contribution in [0, 0.1) is 5.92 Å². The summed E-state index contributed by atoms with van der Waals surface area (Å²) < 4.78 is 12.7. The molecule has 0 aromatic carbocycles. The lowest BCUT2D eigenvalue weighted by molar-refractivity contribution is 0.201. The molecule has 2 heteroatoms. The predicted octanol–water partition coefficient (Wildman–Crippen LogP) is 2.12. The predicted molar refractivity (Wildman–Crippen MR) is 45.4 cm³/mol. The summed E-state index contributed by atoms with van der Waals surface area (Å²) in [5, 5.41) is 3.13. The van der Waals surface area contributed by atoms with E-state index < -0.39 is 6.17 Å². The topological polar surface area (TPSA) is 12.0 Å². The maximum absolute atomic E-state index is 12.7. The van der Waals surface area contributed by atoms with Crippen molar-refractivity contribution in [3.05, 3.63) is 0 Å². The van der Waals surface area contributed by atoms with Crippen LogP contribution in [0.2, 0.25) is 0 Å². The van der Waals surface area contributed by atoms with Crippen molar-refractivity contribution in [3.8, 4) is 0 Å². The molecule has 0 spiro atoms. The highest BCUT2D eigenvalue weighted by molar-refractivity contribution is 4.71. The van der Waals surface area contributed by atoms with E-state index in [1.807, 2.05) is 7.05 Å². The normalized spacial score (nSPS) is 32.2. The fourth-order valence-electron chi connectivity index (χ4n) is 1.76. The van der Waals surface area contributed by atoms with E-state index in [2.05, 4.69) is 5.32 Å². The van der Waals surface area contributed by atoms with Gasteiger partial charge in [0, 0.05) is 0 Å². The first-order valence-electron chi connectivity index (χ1n) is 4.61. The summed E-state index contributed by atoms with van der Waals surface area (Å²) in [4.78, 5) is 0. The van der Waals surface area contributed by atoms with E-state index in [1.54, 1.807) is 0 Å². The lowest BCUT2D eigenvalue weighted by Gasteiger charge is -2.23. The first-order valence-corrected chi connectivity index (χ1v) is 4.61. The van der Waals surface area contributed by atoms with Gasteiger partial charge in [0.05, 0.1) is 0 Å². The van der Waals surface area contributed by atoms with Crippen molar-refractivity contribution in [3.63, 3.8) is 0 Å². The average molecular weight is 159 g/mol. The Morgan fingerprint density at radius 3 is 2.45 bits per heavy atom. The molecule has 0 saturated heterocycles. The number of hydrogen-bond donors (Lipinski definition) is 1. The zero-order valence-electron chi connectivity index (χ0n) is 7.28. The highest BCUT2D eigenvalue weighted by atomic mass is 19.1. The van der Waals surface area contributed by atoms with Crippen LogP contribution in [0.3, 0.4) is 0 Å². The zero-order valence-corrected chi connectivity index (χ0v) is 7.28. The first-order chi connectivity index (χ1) is 5.33. The smallest absolute Gasteiger partial charge is 0.100 e. The average Bonchev–Trinajstić information content (AvgIpc) is 2.04. The van der Waals surface area contributed by atoms with Gasteiger partial charge in [0.25, 0.3) is 0 Å². The van der Waals surface area contributed by atoms with Crippen LogP contribution in [-0.2, 0) is 0 Å². The third kappa shape index (κ3) is 3.19. The SMILES string of the molecule is CNCCC1CCC(F)CC1. The van der Waals surface area contributed by atoms with E-state index in [0.717, 1.165) is 38.1 Å². The van der Waals surface area contributed by atoms with Crippen molar-refractivity contribution in [2.75, 3.05) is 13.6 Å². The van der Waals surface area contributed by atoms with Crippen LogP contribution in [0.5, 0.6) is 0 Å². The van der Waals surface area contributed by atoms with Crippen LogP contribution in [-0.4, -0.2) is 19.8 Å². The molecule has 1 nitrogen and oxygen atoms in total. The Labute approximate surface area is 68.4 Å². The largest absolute Gasteiger partial charge is 0.320 e. The second-order valence-electron chi connectivity index (χ2n) is 3.51. The molecule has 0 aliphatic heterocycles. The van der Waals surface area contributed by atoms with Crippen molar-refractivity contribution in [2.45, 2.75) is 38.3 Å². The molecular formula is C9H18FN. The maximum Gasteiger partial charge on any atom is 0.100 e. The Balaban J connectivity index is 2.07. The molecule has 0 radical (unpaired) electrons. The fraction of sp³-hybridized carbons (Fsp3) is 1.00. The third-order valence-corrected chi connectivity index (χ3v) is 2.58. The van der Waals surface area contributed by atoms with Crippen molar-refractivity contribution >= 4 is 0 Å². The van der Waals surface area contributed by atoms with E-state index in [9.17, 15) is 4.39 Å². The summed E-state index contributed by atoms with van der Waals surface area (Å²) in [5.41, 5.74) is 0. The highest BCUT2D eigenvalue weighted by Gasteiger charge is 2.19. The van der Waals surface area contributed by atoms with Gasteiger partial charge in [-0.05, 0) is 51.6 Å². The molecule has 1 aliphatic carbocycles. The lowest BCUT2D eigenvalue weighted by Crippen LogP contribution is -2.19. The van der Waals surface area contributed by atoms with E-state index >= 15 is 0 Å². The van der Waals surface area contributed by atoms with Gasteiger partial charge in [-0.25, -0.2) is 4.39 Å². The van der Waals surface area contributed by atoms with Crippen LogP contribution in [0.1, 0.15) is 32.1 Å². The summed E-state index contributed by atoms with van der Waals surface area (Å²) in [5.74, 6) is 0.787. The van der Waals surface area contributed by atoms with Crippen molar-refractivity contribution in [1.82, 2.24) is 5.32 Å². The Morgan fingerprint density at radius 2 is 1.91 bits per heavy atom. The minimum atomic E-state index is -0.499. The standard InChI is InChI=1S/C9H18FN/c1-11-7-6-8-2-4-9(10)5-3-8/h8-9,11H,2-7H2,1H3. The molecule has 1 aliphatic rings. The molecule has 0 aromatic heterocycles. The number of halogens is 1. The lowest BCUT2D eigenvalue weighted by atomic mass is 9.86. The van der Waals surface area contributed by atoms with Gasteiger partial charge < -0.3 is 5.32 Å². The van der Waals surface area contributed by atoms with E-state index in [1.165, 1.54) is 6.42 Å². The van der Waals surface area contributed by atoms with Gasteiger partial charge in [-0.15, -0.1) is 0 Å².